The van der Waals surface area contributed by atoms with Crippen molar-refractivity contribution in [1.29, 1.82) is 0 Å². The van der Waals surface area contributed by atoms with E-state index in [1.807, 2.05) is 0 Å². The number of carbonyl (C=O) groups is 3. The Hall–Kier alpha value is -2.31. The number of likely N-dealkylation sites (tertiary alicyclic amines) is 1. The summed E-state index contributed by atoms with van der Waals surface area (Å²) in [4.78, 5) is 40.4. The molecule has 0 N–H and O–H groups in total. The number of hydrogen-bond donors (Lipinski definition) is 0. The number of rotatable bonds is 7. The van der Waals surface area contributed by atoms with Crippen molar-refractivity contribution in [2.75, 3.05) is 26.2 Å². The van der Waals surface area contributed by atoms with E-state index in [-0.39, 0.29) is 29.7 Å². The van der Waals surface area contributed by atoms with Gasteiger partial charge in [0.15, 0.2) is 0 Å². The molecule has 7 heteroatoms. The minimum atomic E-state index is -0.162. The number of ether oxygens (including phenoxy) is 1. The van der Waals surface area contributed by atoms with E-state index in [0.717, 1.165) is 12.8 Å². The topological polar surface area (TPSA) is 80.1 Å². The number of piperidine rings is 1. The van der Waals surface area contributed by atoms with Gasteiger partial charge in [0.05, 0.1) is 24.4 Å². The van der Waals surface area contributed by atoms with Gasteiger partial charge in [-0.15, -0.1) is 0 Å². The molecular weight excluding hydrogens is 336 g/mol. The number of amides is 2. The van der Waals surface area contributed by atoms with Gasteiger partial charge in [0, 0.05) is 32.1 Å². The number of carbonyl (C=O) groups excluding carboxylic acids is 3. The first kappa shape index (κ1) is 18.5. The summed E-state index contributed by atoms with van der Waals surface area (Å²) in [5.74, 6) is -0.303. The van der Waals surface area contributed by atoms with Crippen LogP contribution in [0.2, 0.25) is 0 Å². The van der Waals surface area contributed by atoms with Crippen molar-refractivity contribution in [3.8, 4) is 0 Å². The number of nitrogens with zero attached hydrogens (tertiary/aromatic N) is 2. The molecule has 0 bridgehead atoms. The number of hydrogen-bond acceptors (Lipinski definition) is 5. The van der Waals surface area contributed by atoms with Gasteiger partial charge < -0.3 is 19.0 Å². The molecule has 1 aromatic rings. The molecule has 0 aromatic carbocycles. The smallest absolute Gasteiger partial charge is 0.309 e. The van der Waals surface area contributed by atoms with E-state index in [0.29, 0.717) is 51.1 Å². The highest BCUT2D eigenvalue weighted by atomic mass is 16.5. The molecule has 142 valence electrons. The second-order valence-electron chi connectivity index (χ2n) is 6.90. The standard InChI is InChI=1S/C19H26N2O5/c1-2-26-19(24)14-5-9-20(10-6-14)17(22)7-11-21(16-3-4-16)18(23)15-8-12-25-13-15/h8,12-14,16H,2-7,9-11H2,1H3. The van der Waals surface area contributed by atoms with Crippen LogP contribution in [0.25, 0.3) is 0 Å². The highest BCUT2D eigenvalue weighted by Gasteiger charge is 2.34. The molecule has 26 heavy (non-hydrogen) atoms. The molecule has 2 heterocycles. The van der Waals surface area contributed by atoms with E-state index >= 15 is 0 Å². The third-order valence-electron chi connectivity index (χ3n) is 5.05. The third kappa shape index (κ3) is 4.45. The lowest BCUT2D eigenvalue weighted by atomic mass is 9.97. The van der Waals surface area contributed by atoms with Crippen LogP contribution in [0, 0.1) is 5.92 Å². The third-order valence-corrected chi connectivity index (χ3v) is 5.05. The second-order valence-corrected chi connectivity index (χ2v) is 6.90. The Kier molecular flexibility index (Phi) is 5.96. The summed E-state index contributed by atoms with van der Waals surface area (Å²) in [7, 11) is 0. The lowest BCUT2D eigenvalue weighted by Crippen LogP contribution is -2.42. The van der Waals surface area contributed by atoms with Crippen LogP contribution in [0.1, 0.15) is 49.4 Å². The zero-order valence-electron chi connectivity index (χ0n) is 15.2. The van der Waals surface area contributed by atoms with E-state index in [2.05, 4.69) is 0 Å². The van der Waals surface area contributed by atoms with Crippen molar-refractivity contribution in [2.45, 2.75) is 45.1 Å². The van der Waals surface area contributed by atoms with Gasteiger partial charge in [-0.25, -0.2) is 0 Å². The Morgan fingerprint density at radius 1 is 1.23 bits per heavy atom. The summed E-state index contributed by atoms with van der Waals surface area (Å²) < 4.78 is 10.0. The van der Waals surface area contributed by atoms with Crippen molar-refractivity contribution < 1.29 is 23.5 Å². The molecule has 0 spiro atoms. The Bertz CT molecular complexity index is 630. The summed E-state index contributed by atoms with van der Waals surface area (Å²) in [6, 6.07) is 1.89. The van der Waals surface area contributed by atoms with Crippen LogP contribution >= 0.6 is 0 Å². The first-order valence-corrected chi connectivity index (χ1v) is 9.37. The van der Waals surface area contributed by atoms with E-state index in [1.165, 1.54) is 12.5 Å². The lowest BCUT2D eigenvalue weighted by molar-refractivity contribution is -0.151. The van der Waals surface area contributed by atoms with Gasteiger partial charge >= 0.3 is 5.97 Å². The first-order chi connectivity index (χ1) is 12.6. The summed E-state index contributed by atoms with van der Waals surface area (Å²) in [5.41, 5.74) is 0.527. The molecule has 1 aliphatic heterocycles. The molecule has 2 amide bonds. The van der Waals surface area contributed by atoms with Crippen molar-refractivity contribution in [3.63, 3.8) is 0 Å². The monoisotopic (exact) mass is 362 g/mol. The molecule has 2 fully saturated rings. The maximum Gasteiger partial charge on any atom is 0.309 e. The molecule has 1 aliphatic carbocycles. The Morgan fingerprint density at radius 2 is 1.96 bits per heavy atom. The molecule has 1 saturated carbocycles. The van der Waals surface area contributed by atoms with E-state index in [1.54, 1.807) is 22.8 Å². The molecule has 0 atom stereocenters. The number of furan rings is 1. The second kappa shape index (κ2) is 8.38. The molecule has 0 unspecified atom stereocenters. The van der Waals surface area contributed by atoms with Gasteiger partial charge in [-0.05, 0) is 38.7 Å². The first-order valence-electron chi connectivity index (χ1n) is 9.37. The fraction of sp³-hybridized carbons (Fsp3) is 0.632. The minimum Gasteiger partial charge on any atom is -0.472 e. The number of esters is 1. The predicted octanol–water partition coefficient (Wildman–Crippen LogP) is 2.08. The molecule has 7 nitrogen and oxygen atoms in total. The Labute approximate surface area is 153 Å². The van der Waals surface area contributed by atoms with Crippen molar-refractivity contribution in [1.82, 2.24) is 9.80 Å². The maximum absolute atomic E-state index is 12.5. The van der Waals surface area contributed by atoms with Crippen LogP contribution in [0.15, 0.2) is 23.0 Å². The van der Waals surface area contributed by atoms with Crippen LogP contribution in [0.3, 0.4) is 0 Å². The minimum absolute atomic E-state index is 0.0398. The predicted molar refractivity (Wildman–Crippen MR) is 93.3 cm³/mol. The van der Waals surface area contributed by atoms with E-state index in [9.17, 15) is 14.4 Å². The SMILES string of the molecule is CCOC(=O)C1CCN(C(=O)CCN(C(=O)c2ccoc2)C2CC2)CC1. The summed E-state index contributed by atoms with van der Waals surface area (Å²) in [6.45, 7) is 3.75. The van der Waals surface area contributed by atoms with Gasteiger partial charge in [0.25, 0.3) is 5.91 Å². The van der Waals surface area contributed by atoms with Crippen LogP contribution in [0.5, 0.6) is 0 Å². The quantitative estimate of drug-likeness (QED) is 0.694. The van der Waals surface area contributed by atoms with Gasteiger partial charge in [0.2, 0.25) is 5.91 Å². The molecular formula is C19H26N2O5. The summed E-state index contributed by atoms with van der Waals surface area (Å²) in [6.07, 6.45) is 6.50. The summed E-state index contributed by atoms with van der Waals surface area (Å²) >= 11 is 0. The van der Waals surface area contributed by atoms with Crippen LogP contribution in [-0.2, 0) is 14.3 Å². The average molecular weight is 362 g/mol. The van der Waals surface area contributed by atoms with Crippen molar-refractivity contribution in [3.05, 3.63) is 24.2 Å². The zero-order chi connectivity index (χ0) is 18.5. The zero-order valence-corrected chi connectivity index (χ0v) is 15.2. The fourth-order valence-corrected chi connectivity index (χ4v) is 3.39. The van der Waals surface area contributed by atoms with E-state index in [4.69, 9.17) is 9.15 Å². The molecule has 0 radical (unpaired) electrons. The van der Waals surface area contributed by atoms with Gasteiger partial charge in [-0.1, -0.05) is 0 Å². The van der Waals surface area contributed by atoms with Crippen LogP contribution < -0.4 is 0 Å². The van der Waals surface area contributed by atoms with Gasteiger partial charge in [0.1, 0.15) is 6.26 Å². The van der Waals surface area contributed by atoms with Crippen LogP contribution in [0.4, 0.5) is 0 Å². The average Bonchev–Trinajstić information content (AvgIpc) is 3.34. The van der Waals surface area contributed by atoms with E-state index < -0.39 is 0 Å². The Balaban J connectivity index is 1.47. The normalized spacial score (nSPS) is 17.8. The van der Waals surface area contributed by atoms with Crippen LogP contribution in [-0.4, -0.2) is 59.9 Å². The fourth-order valence-electron chi connectivity index (χ4n) is 3.39. The van der Waals surface area contributed by atoms with Crippen molar-refractivity contribution in [2.24, 2.45) is 5.92 Å². The largest absolute Gasteiger partial charge is 0.472 e. The molecule has 1 aromatic heterocycles. The lowest BCUT2D eigenvalue weighted by Gasteiger charge is -2.31. The molecule has 1 saturated heterocycles. The molecule has 2 aliphatic rings. The molecule has 3 rings (SSSR count). The Morgan fingerprint density at radius 3 is 2.54 bits per heavy atom. The summed E-state index contributed by atoms with van der Waals surface area (Å²) in [5, 5.41) is 0. The van der Waals surface area contributed by atoms with Crippen molar-refractivity contribution >= 4 is 17.8 Å². The maximum atomic E-state index is 12.5. The highest BCUT2D eigenvalue weighted by Crippen LogP contribution is 2.29. The van der Waals surface area contributed by atoms with Gasteiger partial charge in [-0.3, -0.25) is 14.4 Å². The van der Waals surface area contributed by atoms with Gasteiger partial charge in [-0.2, -0.15) is 0 Å². The highest BCUT2D eigenvalue weighted by molar-refractivity contribution is 5.94.